The molecule has 1 N–H and O–H groups in total. The number of rotatable bonds is 8. The smallest absolute Gasteiger partial charge is 0.305 e. The zero-order valence-electron chi connectivity index (χ0n) is 15.5. The van der Waals surface area contributed by atoms with Crippen LogP contribution < -0.4 is 0 Å². The summed E-state index contributed by atoms with van der Waals surface area (Å²) in [5.41, 5.74) is 2.91. The minimum atomic E-state index is -0.873. The van der Waals surface area contributed by atoms with Crippen LogP contribution in [-0.4, -0.2) is 36.0 Å². The number of nitrogens with zero attached hydrogens (tertiary/aromatic N) is 5. The normalized spacial score (nSPS) is 11.1. The van der Waals surface area contributed by atoms with E-state index in [4.69, 9.17) is 9.63 Å². The van der Waals surface area contributed by atoms with Gasteiger partial charge < -0.3 is 14.2 Å². The van der Waals surface area contributed by atoms with E-state index in [9.17, 15) is 4.79 Å². The molecule has 10 heteroatoms. The van der Waals surface area contributed by atoms with Crippen LogP contribution in [0.4, 0.5) is 0 Å². The predicted octanol–water partition coefficient (Wildman–Crippen LogP) is 4.13. The van der Waals surface area contributed by atoms with E-state index in [0.717, 1.165) is 16.7 Å². The summed E-state index contributed by atoms with van der Waals surface area (Å²) in [6.45, 7) is 2.27. The van der Waals surface area contributed by atoms with Gasteiger partial charge in [-0.2, -0.15) is 16.3 Å². The Bertz CT molecular complexity index is 1120. The number of benzene rings is 1. The van der Waals surface area contributed by atoms with E-state index in [2.05, 4.69) is 20.3 Å². The third kappa shape index (κ3) is 4.54. The summed E-state index contributed by atoms with van der Waals surface area (Å²) in [6.07, 6.45) is -0.0206. The Kier molecular flexibility index (Phi) is 5.72. The van der Waals surface area contributed by atoms with Crippen molar-refractivity contribution in [1.82, 2.24) is 24.9 Å². The molecule has 0 atom stereocenters. The Morgan fingerprint density at radius 1 is 1.28 bits per heavy atom. The number of thioether (sulfide) groups is 1. The Balaban J connectivity index is 1.55. The lowest BCUT2D eigenvalue weighted by molar-refractivity contribution is -0.137. The molecular weight excluding hydrogens is 410 g/mol. The van der Waals surface area contributed by atoms with Crippen molar-refractivity contribution in [3.8, 4) is 22.8 Å². The largest absolute Gasteiger partial charge is 0.481 e. The first-order valence-electron chi connectivity index (χ1n) is 8.80. The molecule has 0 saturated heterocycles. The molecule has 0 unspecified atom stereocenters. The molecule has 4 aromatic rings. The van der Waals surface area contributed by atoms with E-state index in [1.54, 1.807) is 11.3 Å². The second kappa shape index (κ2) is 8.58. The average molecular weight is 428 g/mol. The molecule has 148 valence electrons. The summed E-state index contributed by atoms with van der Waals surface area (Å²) in [6, 6.07) is 9.81. The molecule has 0 aliphatic rings. The van der Waals surface area contributed by atoms with Gasteiger partial charge in [0.25, 0.3) is 0 Å². The Labute approximate surface area is 174 Å². The Morgan fingerprint density at radius 2 is 2.17 bits per heavy atom. The molecule has 0 spiro atoms. The zero-order chi connectivity index (χ0) is 20.2. The molecule has 8 nitrogen and oxygen atoms in total. The third-order valence-electron chi connectivity index (χ3n) is 4.11. The number of aliphatic carboxylic acids is 1. The minimum absolute atomic E-state index is 0.0206. The molecule has 0 aliphatic carbocycles. The number of thiophene rings is 1. The number of aryl methyl sites for hydroxylation is 1. The molecule has 0 bridgehead atoms. The van der Waals surface area contributed by atoms with Crippen LogP contribution >= 0.6 is 23.1 Å². The second-order valence-electron chi connectivity index (χ2n) is 6.28. The maximum Gasteiger partial charge on any atom is 0.305 e. The summed E-state index contributed by atoms with van der Waals surface area (Å²) < 4.78 is 7.15. The van der Waals surface area contributed by atoms with Gasteiger partial charge in [-0.15, -0.1) is 10.2 Å². The van der Waals surface area contributed by atoms with Gasteiger partial charge in [0.15, 0.2) is 11.0 Å². The summed E-state index contributed by atoms with van der Waals surface area (Å²) in [7, 11) is 0. The quantitative estimate of drug-likeness (QED) is 0.418. The van der Waals surface area contributed by atoms with E-state index in [1.807, 2.05) is 52.6 Å². The summed E-state index contributed by atoms with van der Waals surface area (Å²) >= 11 is 2.95. The molecule has 0 amide bonds. The summed E-state index contributed by atoms with van der Waals surface area (Å²) in [5, 5.41) is 26.2. The fraction of sp³-hybridized carbons (Fsp3) is 0.211. The van der Waals surface area contributed by atoms with Gasteiger partial charge in [0, 0.05) is 23.1 Å². The summed E-state index contributed by atoms with van der Waals surface area (Å²) in [5.74, 6) is 1.20. The summed E-state index contributed by atoms with van der Waals surface area (Å²) in [4.78, 5) is 15.5. The first-order chi connectivity index (χ1) is 14.1. The van der Waals surface area contributed by atoms with Crippen molar-refractivity contribution in [3.05, 3.63) is 52.5 Å². The van der Waals surface area contributed by atoms with Crippen LogP contribution in [0.2, 0.25) is 0 Å². The van der Waals surface area contributed by atoms with Crippen molar-refractivity contribution >= 4 is 29.1 Å². The average Bonchev–Trinajstić information content (AvgIpc) is 3.44. The van der Waals surface area contributed by atoms with Crippen molar-refractivity contribution in [1.29, 1.82) is 0 Å². The van der Waals surface area contributed by atoms with Gasteiger partial charge in [-0.3, -0.25) is 4.79 Å². The van der Waals surface area contributed by atoms with E-state index < -0.39 is 5.97 Å². The van der Waals surface area contributed by atoms with E-state index in [0.29, 0.717) is 28.4 Å². The lowest BCUT2D eigenvalue weighted by Gasteiger charge is -2.09. The topological polar surface area (TPSA) is 107 Å². The Hall–Kier alpha value is -2.98. The van der Waals surface area contributed by atoms with E-state index in [-0.39, 0.29) is 13.0 Å². The van der Waals surface area contributed by atoms with Crippen molar-refractivity contribution in [2.24, 2.45) is 0 Å². The SMILES string of the molecule is Cc1cccc(-c2nnc(SCc3nc(-c4ccsc4)no3)n2CCC(=O)O)c1. The van der Waals surface area contributed by atoms with Crippen LogP contribution in [0.1, 0.15) is 17.9 Å². The van der Waals surface area contributed by atoms with Crippen LogP contribution in [0.3, 0.4) is 0 Å². The third-order valence-corrected chi connectivity index (χ3v) is 5.75. The van der Waals surface area contributed by atoms with Gasteiger partial charge in [0.2, 0.25) is 11.7 Å². The molecular formula is C19H17N5O3S2. The van der Waals surface area contributed by atoms with E-state index in [1.165, 1.54) is 11.8 Å². The fourth-order valence-corrected chi connectivity index (χ4v) is 4.19. The van der Waals surface area contributed by atoms with Crippen LogP contribution in [0.5, 0.6) is 0 Å². The number of carboxylic acid groups (broad SMARTS) is 1. The zero-order valence-corrected chi connectivity index (χ0v) is 17.1. The molecule has 0 aliphatic heterocycles. The highest BCUT2D eigenvalue weighted by Gasteiger charge is 2.17. The maximum atomic E-state index is 11.1. The van der Waals surface area contributed by atoms with Gasteiger partial charge >= 0.3 is 5.97 Å². The molecule has 1 aromatic carbocycles. The predicted molar refractivity (Wildman–Crippen MR) is 110 cm³/mol. The first kappa shape index (κ1) is 19.3. The number of aromatic nitrogens is 5. The lowest BCUT2D eigenvalue weighted by atomic mass is 10.1. The van der Waals surface area contributed by atoms with Gasteiger partial charge in [0.1, 0.15) is 0 Å². The maximum absolute atomic E-state index is 11.1. The van der Waals surface area contributed by atoms with Crippen molar-refractivity contribution in [2.45, 2.75) is 30.8 Å². The number of carboxylic acids is 1. The van der Waals surface area contributed by atoms with Gasteiger partial charge in [-0.05, 0) is 24.4 Å². The van der Waals surface area contributed by atoms with Crippen molar-refractivity contribution in [3.63, 3.8) is 0 Å². The van der Waals surface area contributed by atoms with E-state index >= 15 is 0 Å². The van der Waals surface area contributed by atoms with Crippen molar-refractivity contribution < 1.29 is 14.4 Å². The van der Waals surface area contributed by atoms with Crippen LogP contribution in [-0.2, 0) is 17.1 Å². The van der Waals surface area contributed by atoms with Crippen LogP contribution in [0.15, 0.2) is 50.8 Å². The Morgan fingerprint density at radius 3 is 2.93 bits per heavy atom. The number of hydrogen-bond donors (Lipinski definition) is 1. The highest BCUT2D eigenvalue weighted by molar-refractivity contribution is 7.98. The molecule has 0 radical (unpaired) electrons. The monoisotopic (exact) mass is 427 g/mol. The molecule has 3 aromatic heterocycles. The first-order valence-corrected chi connectivity index (χ1v) is 10.7. The van der Waals surface area contributed by atoms with Crippen molar-refractivity contribution in [2.75, 3.05) is 0 Å². The molecule has 3 heterocycles. The second-order valence-corrected chi connectivity index (χ2v) is 8.01. The van der Waals surface area contributed by atoms with Gasteiger partial charge in [-0.25, -0.2) is 0 Å². The number of hydrogen-bond acceptors (Lipinski definition) is 8. The van der Waals surface area contributed by atoms with Crippen LogP contribution in [0, 0.1) is 6.92 Å². The lowest BCUT2D eigenvalue weighted by Crippen LogP contribution is -2.07. The van der Waals surface area contributed by atoms with Gasteiger partial charge in [-0.1, -0.05) is 40.7 Å². The minimum Gasteiger partial charge on any atom is -0.481 e. The fourth-order valence-electron chi connectivity index (χ4n) is 2.75. The highest BCUT2D eigenvalue weighted by Crippen LogP contribution is 2.28. The molecule has 0 fully saturated rings. The standard InChI is InChI=1S/C19H17N5O3S2/c1-12-3-2-4-13(9-12)18-21-22-19(24(18)7-5-16(25)26)29-11-15-20-17(23-27-15)14-6-8-28-10-14/h2-4,6,8-10H,5,7,11H2,1H3,(H,25,26). The van der Waals surface area contributed by atoms with Gasteiger partial charge in [0.05, 0.1) is 12.2 Å². The highest BCUT2D eigenvalue weighted by atomic mass is 32.2. The molecule has 0 saturated carbocycles. The number of carbonyl (C=O) groups is 1. The molecule has 4 rings (SSSR count). The van der Waals surface area contributed by atoms with Crippen LogP contribution in [0.25, 0.3) is 22.8 Å². The molecule has 29 heavy (non-hydrogen) atoms.